The van der Waals surface area contributed by atoms with Crippen molar-refractivity contribution in [2.45, 2.75) is 19.8 Å². The Bertz CT molecular complexity index is 2650. The first kappa shape index (κ1) is 34.2. The van der Waals surface area contributed by atoms with Gasteiger partial charge >= 0.3 is 0 Å². The van der Waals surface area contributed by atoms with Gasteiger partial charge in [0.1, 0.15) is 0 Å². The number of nitrogens with zero attached hydrogens (tertiary/aromatic N) is 3. The van der Waals surface area contributed by atoms with Crippen molar-refractivity contribution in [2.75, 3.05) is 4.90 Å². The van der Waals surface area contributed by atoms with Crippen LogP contribution in [0.25, 0.3) is 49.8 Å². The molecule has 0 spiro atoms. The molecule has 0 saturated carbocycles. The summed E-state index contributed by atoms with van der Waals surface area (Å²) in [4.78, 5) is 2.22. The second kappa shape index (κ2) is 14.6. The molecule has 0 N–H and O–H groups in total. The minimum absolute atomic E-state index is 0.425. The lowest BCUT2D eigenvalue weighted by Gasteiger charge is -2.25. The summed E-state index contributed by atoms with van der Waals surface area (Å²) in [6.45, 7) is 10.5. The number of hydrogen-bond acceptors (Lipinski definition) is 2. The first-order chi connectivity index (χ1) is 26.4. The Kier molecular flexibility index (Phi) is 9.26. The van der Waals surface area contributed by atoms with Crippen LogP contribution in [-0.4, -0.2) is 4.57 Å². The van der Waals surface area contributed by atoms with Crippen molar-refractivity contribution < 1.29 is 0 Å². The van der Waals surface area contributed by atoms with Crippen LogP contribution < -0.4 is 4.90 Å². The molecule has 0 radical (unpaired) electrons. The minimum Gasteiger partial charge on any atom is -0.321 e. The Morgan fingerprint density at radius 3 is 2.30 bits per heavy atom. The highest BCUT2D eigenvalue weighted by molar-refractivity contribution is 6.10. The van der Waals surface area contributed by atoms with Gasteiger partial charge in [-0.3, -0.25) is 0 Å². The van der Waals surface area contributed by atoms with Crippen molar-refractivity contribution in [2.24, 2.45) is 5.41 Å². The topological polar surface area (TPSA) is 32.0 Å². The molecule has 0 amide bonds. The van der Waals surface area contributed by atoms with E-state index in [2.05, 4.69) is 187 Å². The van der Waals surface area contributed by atoms with Gasteiger partial charge in [0.15, 0.2) is 0 Å². The van der Waals surface area contributed by atoms with E-state index in [4.69, 9.17) is 0 Å². The lowest BCUT2D eigenvalue weighted by molar-refractivity contribution is 0.575. The number of nitriles is 1. The fourth-order valence-electron chi connectivity index (χ4n) is 7.39. The van der Waals surface area contributed by atoms with E-state index >= 15 is 0 Å². The van der Waals surface area contributed by atoms with E-state index in [1.807, 2.05) is 31.2 Å². The minimum atomic E-state index is -0.425. The fraction of sp³-hybridized carbons (Fsp3) is 0.0784. The smallest absolute Gasteiger partial charge is 0.0763 e. The third-order valence-electron chi connectivity index (χ3n) is 10.4. The van der Waals surface area contributed by atoms with Gasteiger partial charge in [-0.05, 0) is 107 Å². The molecule has 2 heterocycles. The molecule has 1 aliphatic heterocycles. The van der Waals surface area contributed by atoms with Crippen LogP contribution >= 0.6 is 0 Å². The fourth-order valence-corrected chi connectivity index (χ4v) is 7.39. The number of hydrogen-bond donors (Lipinski definition) is 0. The largest absolute Gasteiger partial charge is 0.321 e. The molecule has 0 saturated heterocycles. The van der Waals surface area contributed by atoms with Crippen LogP contribution in [0.1, 0.15) is 30.9 Å². The van der Waals surface area contributed by atoms with E-state index in [1.54, 1.807) is 0 Å². The summed E-state index contributed by atoms with van der Waals surface area (Å²) in [5, 5.41) is 11.9. The molecule has 8 rings (SSSR count). The van der Waals surface area contributed by atoms with Crippen molar-refractivity contribution in [3.63, 3.8) is 0 Å². The summed E-state index contributed by atoms with van der Waals surface area (Å²) in [6.07, 6.45) is 22.3. The summed E-state index contributed by atoms with van der Waals surface area (Å²) in [5.74, 6) is 0. The monoisotopic (exact) mass is 695 g/mol. The van der Waals surface area contributed by atoms with Crippen LogP contribution in [-0.2, 0) is 0 Å². The molecule has 6 aromatic rings. The summed E-state index contributed by atoms with van der Waals surface area (Å²) < 4.78 is 2.37. The number of allylic oxidation sites excluding steroid dienone is 12. The molecule has 1 aliphatic carbocycles. The van der Waals surface area contributed by atoms with Gasteiger partial charge in [0.05, 0.1) is 22.5 Å². The van der Waals surface area contributed by atoms with Crippen LogP contribution in [0, 0.1) is 16.7 Å². The number of aromatic nitrogens is 1. The molecule has 0 bridgehead atoms. The first-order valence-corrected chi connectivity index (χ1v) is 18.4. The normalized spacial score (nSPS) is 19.3. The predicted octanol–water partition coefficient (Wildman–Crippen LogP) is 13.3. The SMILES string of the molecule is C=C/C(=C\C=C1/CC(=C)/C=C\C=C/N1c1ccccc1)c1ccc2c(c1)c1ccccc1n2-c1cccc(-c2ccc(C3=CCC(C)(C#N)C=C3)cc2)c1. The summed E-state index contributed by atoms with van der Waals surface area (Å²) in [7, 11) is 0. The summed E-state index contributed by atoms with van der Waals surface area (Å²) in [5.41, 5.74) is 13.1. The van der Waals surface area contributed by atoms with Gasteiger partial charge < -0.3 is 9.47 Å². The standard InChI is InChI=1S/C51H41N3/c1-4-38(24-26-45-33-37(2)13-10-11-32-53(45)44-15-6-5-7-16-44)43-25-27-50-48(35-43)47-18-8-9-19-49(47)54(50)46-17-12-14-42(34-46)40-22-20-39(21-23-40)41-28-30-51(3,36-52)31-29-41/h4-30,32,34-35H,1-2,31,33H2,3H3/b13-10-,32-11-,38-24+,45-26+. The maximum absolute atomic E-state index is 9.49. The van der Waals surface area contributed by atoms with Gasteiger partial charge in [0, 0.05) is 40.5 Å². The third kappa shape index (κ3) is 6.74. The average molecular weight is 696 g/mol. The molecular weight excluding hydrogens is 655 g/mol. The molecule has 0 fully saturated rings. The average Bonchev–Trinajstić information content (AvgIpc) is 3.54. The van der Waals surface area contributed by atoms with Gasteiger partial charge in [-0.25, -0.2) is 0 Å². The quantitative estimate of drug-likeness (QED) is 0.156. The molecule has 1 atom stereocenters. The Balaban J connectivity index is 1.14. The van der Waals surface area contributed by atoms with E-state index in [-0.39, 0.29) is 0 Å². The highest BCUT2D eigenvalue weighted by Gasteiger charge is 2.22. The molecule has 5 aromatic carbocycles. The zero-order valence-corrected chi connectivity index (χ0v) is 30.5. The Hall–Kier alpha value is -6.89. The predicted molar refractivity (Wildman–Crippen MR) is 229 cm³/mol. The summed E-state index contributed by atoms with van der Waals surface area (Å²) in [6, 6.07) is 45.7. The number of para-hydroxylation sites is 2. The van der Waals surface area contributed by atoms with Gasteiger partial charge in [-0.15, -0.1) is 0 Å². The maximum Gasteiger partial charge on any atom is 0.0763 e. The second-order valence-electron chi connectivity index (χ2n) is 14.2. The van der Waals surface area contributed by atoms with Crippen LogP contribution in [0.3, 0.4) is 0 Å². The van der Waals surface area contributed by atoms with Crippen molar-refractivity contribution in [3.8, 4) is 22.9 Å². The van der Waals surface area contributed by atoms with Crippen LogP contribution in [0.2, 0.25) is 0 Å². The number of fused-ring (bicyclic) bond motifs is 3. The third-order valence-corrected chi connectivity index (χ3v) is 10.4. The second-order valence-corrected chi connectivity index (χ2v) is 14.2. The highest BCUT2D eigenvalue weighted by Crippen LogP contribution is 2.37. The maximum atomic E-state index is 9.49. The van der Waals surface area contributed by atoms with E-state index in [9.17, 15) is 5.26 Å². The molecule has 3 nitrogen and oxygen atoms in total. The zero-order chi connectivity index (χ0) is 37.1. The lowest BCUT2D eigenvalue weighted by Crippen LogP contribution is -2.16. The van der Waals surface area contributed by atoms with Crippen molar-refractivity contribution >= 4 is 38.6 Å². The molecule has 3 heteroatoms. The Morgan fingerprint density at radius 1 is 0.759 bits per heavy atom. The molecule has 2 aliphatic rings. The number of benzene rings is 5. The van der Waals surface area contributed by atoms with Gasteiger partial charge in [-0.2, -0.15) is 5.26 Å². The Morgan fingerprint density at radius 2 is 1.52 bits per heavy atom. The molecule has 260 valence electrons. The van der Waals surface area contributed by atoms with Crippen LogP contribution in [0.15, 0.2) is 207 Å². The zero-order valence-electron chi connectivity index (χ0n) is 30.5. The Labute approximate surface area is 318 Å². The van der Waals surface area contributed by atoms with E-state index in [0.717, 1.165) is 79.9 Å². The van der Waals surface area contributed by atoms with Gasteiger partial charge in [-0.1, -0.05) is 135 Å². The van der Waals surface area contributed by atoms with E-state index in [0.29, 0.717) is 0 Å². The van der Waals surface area contributed by atoms with Gasteiger partial charge in [0.25, 0.3) is 0 Å². The number of rotatable bonds is 7. The highest BCUT2D eigenvalue weighted by atomic mass is 15.1. The van der Waals surface area contributed by atoms with Crippen LogP contribution in [0.5, 0.6) is 0 Å². The van der Waals surface area contributed by atoms with Crippen molar-refractivity contribution in [1.29, 1.82) is 5.26 Å². The molecule has 54 heavy (non-hydrogen) atoms. The van der Waals surface area contributed by atoms with Crippen LogP contribution in [0.4, 0.5) is 5.69 Å². The van der Waals surface area contributed by atoms with E-state index < -0.39 is 5.41 Å². The van der Waals surface area contributed by atoms with Gasteiger partial charge in [0.2, 0.25) is 0 Å². The van der Waals surface area contributed by atoms with Crippen molar-refractivity contribution in [3.05, 3.63) is 218 Å². The van der Waals surface area contributed by atoms with Crippen molar-refractivity contribution in [1.82, 2.24) is 4.57 Å². The molecule has 1 aromatic heterocycles. The molecule has 1 unspecified atom stereocenters. The van der Waals surface area contributed by atoms with E-state index in [1.165, 1.54) is 10.8 Å². The first-order valence-electron chi connectivity index (χ1n) is 18.4. The molecular formula is C51H41N3. The lowest BCUT2D eigenvalue weighted by atomic mass is 9.82. The summed E-state index contributed by atoms with van der Waals surface area (Å²) >= 11 is 0. The number of anilines is 1.